The second-order valence-electron chi connectivity index (χ2n) is 7.87. The van der Waals surface area contributed by atoms with Crippen molar-refractivity contribution in [3.8, 4) is 5.75 Å². The number of amides is 1. The van der Waals surface area contributed by atoms with Crippen molar-refractivity contribution in [2.24, 2.45) is 5.92 Å². The number of benzene rings is 2. The van der Waals surface area contributed by atoms with Crippen LogP contribution in [0, 0.1) is 5.92 Å². The number of nitrogens with zero attached hydrogens (tertiary/aromatic N) is 2. The van der Waals surface area contributed by atoms with Crippen LogP contribution in [0.25, 0.3) is 10.2 Å². The van der Waals surface area contributed by atoms with Gasteiger partial charge in [0.25, 0.3) is 0 Å². The topological polar surface area (TPSA) is 97.7 Å². The number of anilines is 1. The molecule has 0 atom stereocenters. The van der Waals surface area contributed by atoms with Crippen molar-refractivity contribution in [1.29, 1.82) is 0 Å². The number of nitrogens with one attached hydrogen (secondary N) is 1. The number of hydrogen-bond donors (Lipinski definition) is 1. The molecule has 2 aromatic carbocycles. The highest BCUT2D eigenvalue weighted by atomic mass is 32.2. The summed E-state index contributed by atoms with van der Waals surface area (Å²) in [4.78, 5) is 24.8. The summed E-state index contributed by atoms with van der Waals surface area (Å²) in [5, 5.41) is 2.91. The van der Waals surface area contributed by atoms with Crippen molar-refractivity contribution in [1.82, 2.24) is 8.87 Å². The number of thiazole rings is 1. The molecule has 0 bridgehead atoms. The summed E-state index contributed by atoms with van der Waals surface area (Å²) in [7, 11) is -3.70. The van der Waals surface area contributed by atoms with Crippen LogP contribution in [0.4, 0.5) is 5.69 Å². The van der Waals surface area contributed by atoms with Gasteiger partial charge in [0, 0.05) is 31.2 Å². The van der Waals surface area contributed by atoms with Crippen LogP contribution in [-0.2, 0) is 21.4 Å². The smallest absolute Gasteiger partial charge is 0.308 e. The summed E-state index contributed by atoms with van der Waals surface area (Å²) in [6.07, 6.45) is 0.897. The summed E-state index contributed by atoms with van der Waals surface area (Å²) in [5.74, 6) is 0.378. The maximum atomic E-state index is 13.2. The molecule has 3 aromatic rings. The van der Waals surface area contributed by atoms with E-state index in [2.05, 4.69) is 5.32 Å². The molecule has 1 amide bonds. The molecule has 8 nitrogen and oxygen atoms in total. The summed E-state index contributed by atoms with van der Waals surface area (Å²) in [6, 6.07) is 12.0. The van der Waals surface area contributed by atoms with Gasteiger partial charge in [-0.15, -0.1) is 0 Å². The Hall–Kier alpha value is -2.69. The first kappa shape index (κ1) is 23.5. The van der Waals surface area contributed by atoms with E-state index in [0.29, 0.717) is 36.4 Å². The molecule has 1 aromatic heterocycles. The normalized spacial score (nSPS) is 15.6. The largest absolute Gasteiger partial charge is 0.494 e. The fourth-order valence-electron chi connectivity index (χ4n) is 4.06. The molecule has 2 heterocycles. The average Bonchev–Trinajstić information content (AvgIpc) is 3.14. The highest BCUT2D eigenvalue weighted by molar-refractivity contribution is 7.89. The average molecular weight is 490 g/mol. The minimum Gasteiger partial charge on any atom is -0.494 e. The molecule has 0 spiro atoms. The lowest BCUT2D eigenvalue weighted by Crippen LogP contribution is -2.41. The van der Waals surface area contributed by atoms with Crippen LogP contribution in [0.1, 0.15) is 26.7 Å². The third-order valence-corrected chi connectivity index (χ3v) is 8.69. The number of aromatic nitrogens is 1. The number of aryl methyl sites for hydroxylation is 1. The van der Waals surface area contributed by atoms with Crippen LogP contribution >= 0.6 is 11.3 Å². The van der Waals surface area contributed by atoms with E-state index in [4.69, 9.17) is 4.74 Å². The number of ether oxygens (including phenoxy) is 1. The molecule has 176 valence electrons. The fraction of sp³-hybridized carbons (Fsp3) is 0.391. The summed E-state index contributed by atoms with van der Waals surface area (Å²) < 4.78 is 35.5. The third-order valence-electron chi connectivity index (χ3n) is 5.85. The Morgan fingerprint density at radius 2 is 1.82 bits per heavy atom. The van der Waals surface area contributed by atoms with Gasteiger partial charge in [0.05, 0.1) is 21.7 Å². The number of sulfonamides is 1. The Kier molecular flexibility index (Phi) is 6.87. The summed E-state index contributed by atoms with van der Waals surface area (Å²) >= 11 is 1.05. The Bertz CT molecular complexity index is 1300. The zero-order valence-electron chi connectivity index (χ0n) is 18.6. The third kappa shape index (κ3) is 4.83. The van der Waals surface area contributed by atoms with Gasteiger partial charge in [-0.2, -0.15) is 4.31 Å². The molecule has 0 saturated carbocycles. The molecule has 1 saturated heterocycles. The molecule has 4 rings (SSSR count). The van der Waals surface area contributed by atoms with Crippen molar-refractivity contribution in [2.75, 3.05) is 25.0 Å². The first-order chi connectivity index (χ1) is 15.8. The predicted molar refractivity (Wildman–Crippen MR) is 129 cm³/mol. The van der Waals surface area contributed by atoms with Crippen molar-refractivity contribution in [3.05, 3.63) is 52.1 Å². The first-order valence-electron chi connectivity index (χ1n) is 11.0. The fourth-order valence-corrected chi connectivity index (χ4v) is 6.63. The minimum absolute atomic E-state index is 0.0959. The predicted octanol–water partition coefficient (Wildman–Crippen LogP) is 3.52. The highest BCUT2D eigenvalue weighted by Gasteiger charge is 2.32. The van der Waals surface area contributed by atoms with Gasteiger partial charge in [-0.25, -0.2) is 8.42 Å². The zero-order valence-corrected chi connectivity index (χ0v) is 20.2. The lowest BCUT2D eigenvalue weighted by atomic mass is 9.97. The van der Waals surface area contributed by atoms with Crippen LogP contribution in [0.3, 0.4) is 0 Å². The van der Waals surface area contributed by atoms with Crippen molar-refractivity contribution in [3.63, 3.8) is 0 Å². The number of hydrogen-bond acceptors (Lipinski definition) is 6. The Balaban J connectivity index is 1.40. The molecule has 1 N–H and O–H groups in total. The molecule has 33 heavy (non-hydrogen) atoms. The standard InChI is InChI=1S/C23H27N3O5S2/c1-3-26-20-10-9-19(15-21(20)32-23(26)28)33(29,30)25-13-11-16(12-14-25)22(27)24-17-5-7-18(8-6-17)31-4-2/h5-10,15-16H,3-4,11-14H2,1-2H3,(H,24,27). The number of carbonyl (C=O) groups is 1. The van der Waals surface area contributed by atoms with E-state index >= 15 is 0 Å². The van der Waals surface area contributed by atoms with Gasteiger partial charge in [0.1, 0.15) is 5.75 Å². The summed E-state index contributed by atoms with van der Waals surface area (Å²) in [5.41, 5.74) is 1.43. The van der Waals surface area contributed by atoms with Gasteiger partial charge < -0.3 is 10.1 Å². The Morgan fingerprint density at radius 3 is 2.45 bits per heavy atom. The van der Waals surface area contributed by atoms with E-state index in [9.17, 15) is 18.0 Å². The second-order valence-corrected chi connectivity index (χ2v) is 10.8. The van der Waals surface area contributed by atoms with Crippen LogP contribution < -0.4 is 14.9 Å². The molecular formula is C23H27N3O5S2. The number of carbonyl (C=O) groups excluding carboxylic acids is 1. The van der Waals surface area contributed by atoms with Gasteiger partial charge >= 0.3 is 4.87 Å². The van der Waals surface area contributed by atoms with E-state index < -0.39 is 10.0 Å². The van der Waals surface area contributed by atoms with E-state index in [1.807, 2.05) is 13.8 Å². The van der Waals surface area contributed by atoms with Crippen LogP contribution in [-0.4, -0.2) is 42.9 Å². The minimum atomic E-state index is -3.70. The maximum Gasteiger partial charge on any atom is 0.308 e. The van der Waals surface area contributed by atoms with Crippen molar-refractivity contribution in [2.45, 2.75) is 38.1 Å². The van der Waals surface area contributed by atoms with Crippen LogP contribution in [0.15, 0.2) is 52.2 Å². The number of piperidine rings is 1. The Labute approximate surface area is 196 Å². The molecule has 1 aliphatic heterocycles. The van der Waals surface area contributed by atoms with Crippen LogP contribution in [0.2, 0.25) is 0 Å². The monoisotopic (exact) mass is 489 g/mol. The number of rotatable bonds is 7. The van der Waals surface area contributed by atoms with Gasteiger partial charge in [-0.05, 0) is 69.2 Å². The van der Waals surface area contributed by atoms with E-state index in [1.165, 1.54) is 4.31 Å². The Morgan fingerprint density at radius 1 is 1.12 bits per heavy atom. The SMILES string of the molecule is CCOc1ccc(NC(=O)C2CCN(S(=O)(=O)c3ccc4c(c3)sc(=O)n4CC)CC2)cc1. The molecule has 0 unspecified atom stereocenters. The molecule has 0 radical (unpaired) electrons. The van der Waals surface area contributed by atoms with Crippen LogP contribution in [0.5, 0.6) is 5.75 Å². The number of fused-ring (bicyclic) bond motifs is 1. The maximum absolute atomic E-state index is 13.2. The summed E-state index contributed by atoms with van der Waals surface area (Å²) in [6.45, 7) is 5.45. The van der Waals surface area contributed by atoms with E-state index in [0.717, 1.165) is 22.6 Å². The lowest BCUT2D eigenvalue weighted by molar-refractivity contribution is -0.120. The van der Waals surface area contributed by atoms with Gasteiger partial charge in [0.15, 0.2) is 0 Å². The molecule has 1 aliphatic rings. The quantitative estimate of drug-likeness (QED) is 0.548. The van der Waals surface area contributed by atoms with Gasteiger partial charge in [-0.1, -0.05) is 11.3 Å². The highest BCUT2D eigenvalue weighted by Crippen LogP contribution is 2.28. The zero-order chi connectivity index (χ0) is 23.6. The van der Waals surface area contributed by atoms with Crippen molar-refractivity contribution < 1.29 is 17.9 Å². The van der Waals surface area contributed by atoms with Crippen molar-refractivity contribution >= 4 is 43.2 Å². The lowest BCUT2D eigenvalue weighted by Gasteiger charge is -2.30. The van der Waals surface area contributed by atoms with Gasteiger partial charge in [-0.3, -0.25) is 14.2 Å². The molecule has 10 heteroatoms. The molecule has 1 fully saturated rings. The van der Waals surface area contributed by atoms with Gasteiger partial charge in [0.2, 0.25) is 15.9 Å². The second kappa shape index (κ2) is 9.66. The van der Waals surface area contributed by atoms with E-state index in [1.54, 1.807) is 47.0 Å². The first-order valence-corrected chi connectivity index (χ1v) is 13.3. The van der Waals surface area contributed by atoms with E-state index in [-0.39, 0.29) is 34.7 Å². The molecule has 0 aliphatic carbocycles. The molecular weight excluding hydrogens is 462 g/mol.